The first kappa shape index (κ1) is 17.1. The summed E-state index contributed by atoms with van der Waals surface area (Å²) in [6, 6.07) is 4.57. The number of hydrogen-bond acceptors (Lipinski definition) is 5. The number of aliphatic hydroxyl groups is 1. The molecule has 0 aliphatic rings. The minimum Gasteiger partial charge on any atom is -0.396 e. The second-order valence-electron chi connectivity index (χ2n) is 4.81. The molecule has 0 aliphatic heterocycles. The third-order valence-corrected chi connectivity index (χ3v) is 5.75. The molecule has 0 aromatic heterocycles. The summed E-state index contributed by atoms with van der Waals surface area (Å²) in [5.41, 5.74) is 0. The maximum absolute atomic E-state index is 12.1. The van der Waals surface area contributed by atoms with Gasteiger partial charge < -0.3 is 5.11 Å². The SMILES string of the molecule is CC(CO)C(C)NS(=O)(=O)c1ccc(S(C)(=O)=O)cc1. The van der Waals surface area contributed by atoms with E-state index in [2.05, 4.69) is 4.72 Å². The van der Waals surface area contributed by atoms with Crippen LogP contribution in [0.1, 0.15) is 13.8 Å². The fraction of sp³-hybridized carbons (Fsp3) is 0.500. The van der Waals surface area contributed by atoms with E-state index in [1.807, 2.05) is 0 Å². The van der Waals surface area contributed by atoms with Gasteiger partial charge in [-0.3, -0.25) is 0 Å². The Labute approximate surface area is 119 Å². The minimum absolute atomic E-state index is 0.0121. The molecule has 2 atom stereocenters. The zero-order valence-corrected chi connectivity index (χ0v) is 13.2. The van der Waals surface area contributed by atoms with E-state index in [1.165, 1.54) is 24.3 Å². The summed E-state index contributed by atoms with van der Waals surface area (Å²) in [5, 5.41) is 9.00. The molecule has 0 saturated heterocycles. The van der Waals surface area contributed by atoms with Crippen LogP contribution in [0, 0.1) is 5.92 Å². The van der Waals surface area contributed by atoms with Gasteiger partial charge in [-0.25, -0.2) is 21.6 Å². The summed E-state index contributed by atoms with van der Waals surface area (Å²) >= 11 is 0. The molecular weight excluding hydrogens is 302 g/mol. The molecule has 2 N–H and O–H groups in total. The Bertz CT molecular complexity index is 650. The smallest absolute Gasteiger partial charge is 0.240 e. The molecule has 0 amide bonds. The summed E-state index contributed by atoms with van der Waals surface area (Å²) in [4.78, 5) is 0.0510. The molecule has 0 spiro atoms. The van der Waals surface area contributed by atoms with Gasteiger partial charge >= 0.3 is 0 Å². The van der Waals surface area contributed by atoms with Crippen molar-refractivity contribution in [1.82, 2.24) is 4.72 Å². The van der Waals surface area contributed by atoms with E-state index >= 15 is 0 Å². The molecule has 0 bridgehead atoms. The van der Waals surface area contributed by atoms with Crippen molar-refractivity contribution in [3.8, 4) is 0 Å². The molecule has 1 aromatic rings. The molecule has 6 nitrogen and oxygen atoms in total. The fourth-order valence-electron chi connectivity index (χ4n) is 1.45. The predicted octanol–water partition coefficient (Wildman–Crippen LogP) is 0.385. The average Bonchev–Trinajstić information content (AvgIpc) is 2.36. The van der Waals surface area contributed by atoms with Crippen LogP contribution in [0.4, 0.5) is 0 Å². The standard InChI is InChI=1S/C12H19NO5S2/c1-9(8-14)10(2)13-20(17,18)12-6-4-11(5-7-12)19(3,15)16/h4-7,9-10,13-14H,8H2,1-3H3. The summed E-state index contributed by atoms with van der Waals surface area (Å²) in [6.45, 7) is 3.25. The lowest BCUT2D eigenvalue weighted by molar-refractivity contribution is 0.216. The monoisotopic (exact) mass is 321 g/mol. The van der Waals surface area contributed by atoms with Crippen molar-refractivity contribution >= 4 is 19.9 Å². The first-order chi connectivity index (χ1) is 9.08. The molecule has 0 aliphatic carbocycles. The van der Waals surface area contributed by atoms with Gasteiger partial charge in [0.05, 0.1) is 9.79 Å². The van der Waals surface area contributed by atoms with Crippen molar-refractivity contribution in [2.24, 2.45) is 5.92 Å². The van der Waals surface area contributed by atoms with Crippen molar-refractivity contribution in [2.45, 2.75) is 29.7 Å². The van der Waals surface area contributed by atoms with E-state index < -0.39 is 25.9 Å². The molecule has 20 heavy (non-hydrogen) atoms. The van der Waals surface area contributed by atoms with E-state index in [0.29, 0.717) is 0 Å². The molecule has 2 unspecified atom stereocenters. The Morgan fingerprint density at radius 3 is 1.90 bits per heavy atom. The fourth-order valence-corrected chi connectivity index (χ4v) is 3.44. The minimum atomic E-state index is -3.73. The Hall–Kier alpha value is -0.960. The van der Waals surface area contributed by atoms with Crippen LogP contribution in [0.2, 0.25) is 0 Å². The molecular formula is C12H19NO5S2. The largest absolute Gasteiger partial charge is 0.396 e. The number of sulfone groups is 1. The average molecular weight is 321 g/mol. The van der Waals surface area contributed by atoms with Gasteiger partial charge in [0, 0.05) is 18.9 Å². The van der Waals surface area contributed by atoms with Gasteiger partial charge in [0.2, 0.25) is 10.0 Å². The highest BCUT2D eigenvalue weighted by Crippen LogP contribution is 2.15. The summed E-state index contributed by atoms with van der Waals surface area (Å²) < 4.78 is 49.2. The quantitative estimate of drug-likeness (QED) is 0.789. The zero-order valence-electron chi connectivity index (χ0n) is 11.6. The van der Waals surface area contributed by atoms with Crippen molar-refractivity contribution in [2.75, 3.05) is 12.9 Å². The molecule has 0 heterocycles. The molecule has 1 rings (SSSR count). The van der Waals surface area contributed by atoms with Crippen molar-refractivity contribution in [3.05, 3.63) is 24.3 Å². The van der Waals surface area contributed by atoms with Crippen LogP contribution in [0.15, 0.2) is 34.1 Å². The Morgan fingerprint density at radius 1 is 1.05 bits per heavy atom. The molecule has 114 valence electrons. The lowest BCUT2D eigenvalue weighted by Gasteiger charge is -2.19. The van der Waals surface area contributed by atoms with Gasteiger partial charge in [-0.05, 0) is 37.1 Å². The zero-order chi connectivity index (χ0) is 15.6. The van der Waals surface area contributed by atoms with Crippen LogP contribution in [-0.4, -0.2) is 40.8 Å². The number of nitrogens with one attached hydrogen (secondary N) is 1. The van der Waals surface area contributed by atoms with Crippen LogP contribution in [0.5, 0.6) is 0 Å². The number of rotatable bonds is 6. The van der Waals surface area contributed by atoms with E-state index in [9.17, 15) is 16.8 Å². The topological polar surface area (TPSA) is 101 Å². The highest BCUT2D eigenvalue weighted by molar-refractivity contribution is 7.90. The van der Waals surface area contributed by atoms with E-state index in [4.69, 9.17) is 5.11 Å². The van der Waals surface area contributed by atoms with Crippen LogP contribution in [0.3, 0.4) is 0 Å². The van der Waals surface area contributed by atoms with E-state index in [1.54, 1.807) is 13.8 Å². The van der Waals surface area contributed by atoms with Crippen molar-refractivity contribution in [1.29, 1.82) is 0 Å². The van der Waals surface area contributed by atoms with E-state index in [-0.39, 0.29) is 22.3 Å². The Kier molecular flexibility index (Phi) is 5.31. The maximum atomic E-state index is 12.1. The molecule has 8 heteroatoms. The normalized spacial score (nSPS) is 15.8. The molecule has 0 radical (unpaired) electrons. The first-order valence-corrected chi connectivity index (χ1v) is 9.38. The van der Waals surface area contributed by atoms with Crippen LogP contribution in [-0.2, 0) is 19.9 Å². The lowest BCUT2D eigenvalue weighted by Crippen LogP contribution is -2.38. The number of aliphatic hydroxyl groups excluding tert-OH is 1. The third-order valence-electron chi connectivity index (χ3n) is 3.04. The Balaban J connectivity index is 3.00. The van der Waals surface area contributed by atoms with Crippen LogP contribution < -0.4 is 4.72 Å². The highest BCUT2D eigenvalue weighted by Gasteiger charge is 2.21. The van der Waals surface area contributed by atoms with Gasteiger partial charge in [0.25, 0.3) is 0 Å². The summed E-state index contributed by atoms with van der Waals surface area (Å²) in [7, 11) is -7.09. The lowest BCUT2D eigenvalue weighted by atomic mass is 10.1. The van der Waals surface area contributed by atoms with Crippen molar-refractivity contribution in [3.63, 3.8) is 0 Å². The molecule has 1 aromatic carbocycles. The summed E-state index contributed by atoms with van der Waals surface area (Å²) in [5.74, 6) is -0.222. The third kappa shape index (κ3) is 4.27. The second kappa shape index (κ2) is 6.21. The predicted molar refractivity (Wildman–Crippen MR) is 75.6 cm³/mol. The second-order valence-corrected chi connectivity index (χ2v) is 8.54. The van der Waals surface area contributed by atoms with Gasteiger partial charge in [-0.2, -0.15) is 0 Å². The van der Waals surface area contributed by atoms with Crippen molar-refractivity contribution < 1.29 is 21.9 Å². The van der Waals surface area contributed by atoms with Gasteiger partial charge in [-0.1, -0.05) is 6.92 Å². The number of benzene rings is 1. The summed E-state index contributed by atoms with van der Waals surface area (Å²) in [6.07, 6.45) is 1.06. The maximum Gasteiger partial charge on any atom is 0.240 e. The van der Waals surface area contributed by atoms with E-state index in [0.717, 1.165) is 6.26 Å². The molecule has 0 saturated carbocycles. The van der Waals surface area contributed by atoms with Gasteiger partial charge in [0.1, 0.15) is 0 Å². The Morgan fingerprint density at radius 2 is 1.50 bits per heavy atom. The first-order valence-electron chi connectivity index (χ1n) is 6.01. The number of sulfonamides is 1. The number of hydrogen-bond donors (Lipinski definition) is 2. The highest BCUT2D eigenvalue weighted by atomic mass is 32.2. The van der Waals surface area contributed by atoms with Gasteiger partial charge in [0.15, 0.2) is 9.84 Å². The van der Waals surface area contributed by atoms with Crippen LogP contribution >= 0.6 is 0 Å². The van der Waals surface area contributed by atoms with Gasteiger partial charge in [-0.15, -0.1) is 0 Å². The molecule has 0 fully saturated rings. The van der Waals surface area contributed by atoms with Crippen LogP contribution in [0.25, 0.3) is 0 Å².